The maximum absolute atomic E-state index is 12.5. The van der Waals surface area contributed by atoms with Crippen molar-refractivity contribution < 1.29 is 24.4 Å². The van der Waals surface area contributed by atoms with E-state index in [2.05, 4.69) is 15.8 Å². The van der Waals surface area contributed by atoms with Gasteiger partial charge in [0.25, 0.3) is 11.6 Å². The summed E-state index contributed by atoms with van der Waals surface area (Å²) < 4.78 is 4.84. The average molecular weight is 397 g/mol. The van der Waals surface area contributed by atoms with Gasteiger partial charge >= 0.3 is 0 Å². The van der Waals surface area contributed by atoms with Crippen LogP contribution in [0.3, 0.4) is 0 Å². The predicted molar refractivity (Wildman–Crippen MR) is 101 cm³/mol. The van der Waals surface area contributed by atoms with Crippen molar-refractivity contribution in [2.24, 2.45) is 11.0 Å². The molecule has 0 bridgehead atoms. The standard InChI is InChI=1S/C19H18N4O6/c1-29-15-8-13(23(27)28)7-12(17(15)24)9-21-22-19(26)16-14(10-20-18(16)25)11-5-3-2-4-6-11/h2-9,14,16,24H,10H2,1H3,(H,20,25)(H,22,26)/p-1/t14-,16+/m1/s1. The maximum Gasteiger partial charge on any atom is 0.273 e. The van der Waals surface area contributed by atoms with E-state index in [1.807, 2.05) is 30.3 Å². The molecule has 0 unspecified atom stereocenters. The number of ether oxygens (including phenoxy) is 1. The number of benzene rings is 2. The van der Waals surface area contributed by atoms with Crippen LogP contribution in [-0.2, 0) is 9.59 Å². The van der Waals surface area contributed by atoms with Gasteiger partial charge in [-0.2, -0.15) is 5.10 Å². The molecule has 0 radical (unpaired) electrons. The number of carbonyl (C=O) groups excluding carboxylic acids is 2. The fourth-order valence-electron chi connectivity index (χ4n) is 3.13. The molecule has 0 aromatic heterocycles. The first-order valence-electron chi connectivity index (χ1n) is 8.61. The summed E-state index contributed by atoms with van der Waals surface area (Å²) in [6.07, 6.45) is 0.986. The third-order valence-corrected chi connectivity index (χ3v) is 4.57. The number of nitrogens with one attached hydrogen (secondary N) is 2. The molecule has 0 saturated carbocycles. The molecule has 2 atom stereocenters. The van der Waals surface area contributed by atoms with Gasteiger partial charge in [-0.3, -0.25) is 19.7 Å². The molecule has 1 aliphatic heterocycles. The number of amides is 2. The maximum atomic E-state index is 12.5. The first-order valence-corrected chi connectivity index (χ1v) is 8.61. The highest BCUT2D eigenvalue weighted by atomic mass is 16.6. The van der Waals surface area contributed by atoms with Crippen LogP contribution in [-0.4, -0.2) is 36.6 Å². The lowest BCUT2D eigenvalue weighted by molar-refractivity contribution is -0.385. The number of rotatable bonds is 6. The van der Waals surface area contributed by atoms with Crippen LogP contribution in [0.4, 0.5) is 5.69 Å². The summed E-state index contributed by atoms with van der Waals surface area (Å²) in [5.74, 6) is -3.24. The molecule has 10 heteroatoms. The molecule has 2 amide bonds. The summed E-state index contributed by atoms with van der Waals surface area (Å²) in [7, 11) is 1.21. The Hall–Kier alpha value is -3.95. The molecule has 2 aromatic rings. The Morgan fingerprint density at radius 3 is 2.72 bits per heavy atom. The van der Waals surface area contributed by atoms with Gasteiger partial charge in [-0.25, -0.2) is 5.43 Å². The summed E-state index contributed by atoms with van der Waals surface area (Å²) in [5, 5.41) is 29.5. The van der Waals surface area contributed by atoms with Gasteiger partial charge in [-0.1, -0.05) is 36.1 Å². The number of methoxy groups -OCH3 is 1. The summed E-state index contributed by atoms with van der Waals surface area (Å²) >= 11 is 0. The van der Waals surface area contributed by atoms with Crippen molar-refractivity contribution in [1.82, 2.24) is 10.7 Å². The second-order valence-electron chi connectivity index (χ2n) is 6.30. The molecule has 0 spiro atoms. The second-order valence-corrected chi connectivity index (χ2v) is 6.30. The van der Waals surface area contributed by atoms with E-state index in [1.165, 1.54) is 7.11 Å². The summed E-state index contributed by atoms with van der Waals surface area (Å²) in [5.41, 5.74) is 2.58. The van der Waals surface area contributed by atoms with Gasteiger partial charge in [-0.05, 0) is 11.1 Å². The third-order valence-electron chi connectivity index (χ3n) is 4.57. The zero-order valence-electron chi connectivity index (χ0n) is 15.3. The van der Waals surface area contributed by atoms with Crippen molar-refractivity contribution in [3.05, 3.63) is 63.7 Å². The molecule has 3 rings (SSSR count). The van der Waals surface area contributed by atoms with E-state index in [-0.39, 0.29) is 22.9 Å². The molecule has 1 aliphatic rings. The first kappa shape index (κ1) is 19.8. The number of nitro groups is 1. The topological polar surface area (TPSA) is 146 Å². The lowest BCUT2D eigenvalue weighted by Crippen LogP contribution is -2.34. The fourth-order valence-corrected chi connectivity index (χ4v) is 3.13. The van der Waals surface area contributed by atoms with Crippen molar-refractivity contribution in [3.8, 4) is 11.5 Å². The van der Waals surface area contributed by atoms with Crippen molar-refractivity contribution in [3.63, 3.8) is 0 Å². The monoisotopic (exact) mass is 397 g/mol. The Kier molecular flexibility index (Phi) is 5.72. The van der Waals surface area contributed by atoms with Crippen LogP contribution >= 0.6 is 0 Å². The minimum Gasteiger partial charge on any atom is -0.870 e. The van der Waals surface area contributed by atoms with E-state index in [9.17, 15) is 24.8 Å². The molecule has 10 nitrogen and oxygen atoms in total. The number of nitrogens with zero attached hydrogens (tertiary/aromatic N) is 2. The van der Waals surface area contributed by atoms with Gasteiger partial charge in [0.1, 0.15) is 11.7 Å². The summed E-state index contributed by atoms with van der Waals surface area (Å²) in [6.45, 7) is 0.317. The van der Waals surface area contributed by atoms with Crippen LogP contribution in [0.1, 0.15) is 17.0 Å². The van der Waals surface area contributed by atoms with Gasteiger partial charge in [0.15, 0.2) is 0 Å². The highest BCUT2D eigenvalue weighted by Crippen LogP contribution is 2.31. The van der Waals surface area contributed by atoms with Crippen LogP contribution in [0, 0.1) is 16.0 Å². The number of non-ortho nitro benzene ring substituents is 1. The highest BCUT2D eigenvalue weighted by molar-refractivity contribution is 6.03. The molecule has 0 aliphatic carbocycles. The average Bonchev–Trinajstić information content (AvgIpc) is 3.11. The third kappa shape index (κ3) is 4.15. The van der Waals surface area contributed by atoms with Gasteiger partial charge in [0, 0.05) is 18.5 Å². The molecule has 1 fully saturated rings. The minimum atomic E-state index is -0.985. The smallest absolute Gasteiger partial charge is 0.273 e. The van der Waals surface area contributed by atoms with Crippen molar-refractivity contribution in [1.29, 1.82) is 0 Å². The van der Waals surface area contributed by atoms with Gasteiger partial charge < -0.3 is 15.2 Å². The van der Waals surface area contributed by atoms with Gasteiger partial charge in [-0.15, -0.1) is 0 Å². The predicted octanol–water partition coefficient (Wildman–Crippen LogP) is 0.657. The van der Waals surface area contributed by atoms with E-state index in [0.29, 0.717) is 6.54 Å². The van der Waals surface area contributed by atoms with Gasteiger partial charge in [0.2, 0.25) is 5.91 Å². The molecule has 1 heterocycles. The Morgan fingerprint density at radius 1 is 1.34 bits per heavy atom. The molecule has 2 N–H and O–H groups in total. The zero-order chi connectivity index (χ0) is 21.0. The van der Waals surface area contributed by atoms with Crippen molar-refractivity contribution >= 4 is 23.7 Å². The highest BCUT2D eigenvalue weighted by Gasteiger charge is 2.40. The van der Waals surface area contributed by atoms with Crippen LogP contribution in [0.25, 0.3) is 0 Å². The lowest BCUT2D eigenvalue weighted by Gasteiger charge is -2.16. The Labute approximate surface area is 165 Å². The number of nitro benzene ring substituents is 1. The van der Waals surface area contributed by atoms with E-state index >= 15 is 0 Å². The Bertz CT molecular complexity index is 976. The van der Waals surface area contributed by atoms with Crippen LogP contribution in [0.2, 0.25) is 0 Å². The number of hydrogen-bond donors (Lipinski definition) is 2. The lowest BCUT2D eigenvalue weighted by atomic mass is 9.88. The zero-order valence-corrected chi connectivity index (χ0v) is 15.3. The number of hydrazone groups is 1. The molecular weight excluding hydrogens is 380 g/mol. The normalized spacial score (nSPS) is 18.4. The summed E-state index contributed by atoms with van der Waals surface area (Å²) in [4.78, 5) is 35.0. The molecule has 1 saturated heterocycles. The Balaban J connectivity index is 1.78. The van der Waals surface area contributed by atoms with Crippen LogP contribution < -0.4 is 20.6 Å². The number of hydrogen-bond acceptors (Lipinski definition) is 7. The minimum absolute atomic E-state index is 0.133. The van der Waals surface area contributed by atoms with E-state index in [4.69, 9.17) is 4.74 Å². The van der Waals surface area contributed by atoms with Crippen molar-refractivity contribution in [2.75, 3.05) is 13.7 Å². The van der Waals surface area contributed by atoms with E-state index < -0.39 is 28.4 Å². The van der Waals surface area contributed by atoms with Crippen LogP contribution in [0.5, 0.6) is 11.5 Å². The van der Waals surface area contributed by atoms with Crippen LogP contribution in [0.15, 0.2) is 47.6 Å². The van der Waals surface area contributed by atoms with E-state index in [0.717, 1.165) is 23.9 Å². The quantitative estimate of drug-likeness (QED) is 0.317. The molecule has 2 aromatic carbocycles. The fraction of sp³-hybridized carbons (Fsp3) is 0.211. The summed E-state index contributed by atoms with van der Waals surface area (Å²) in [6, 6.07) is 11.1. The van der Waals surface area contributed by atoms with E-state index in [1.54, 1.807) is 0 Å². The number of carbonyl (C=O) groups is 2. The van der Waals surface area contributed by atoms with Gasteiger partial charge in [0.05, 0.1) is 24.3 Å². The first-order chi connectivity index (χ1) is 13.9. The SMILES string of the molecule is COc1cc([N+](=O)[O-])cc(C=NNC(=O)[C@@H]2C(=O)NC[C@@H]2c2ccccc2)c1[O-]. The second kappa shape index (κ2) is 8.38. The Morgan fingerprint density at radius 2 is 2.07 bits per heavy atom. The molecular formula is C19H17N4O6-. The molecule has 150 valence electrons. The van der Waals surface area contributed by atoms with Crippen molar-refractivity contribution in [2.45, 2.75) is 5.92 Å². The largest absolute Gasteiger partial charge is 0.870 e. The molecule has 29 heavy (non-hydrogen) atoms.